The Labute approximate surface area is 185 Å². The van der Waals surface area contributed by atoms with E-state index in [1.807, 2.05) is 35.0 Å². The first kappa shape index (κ1) is 19.9. The summed E-state index contributed by atoms with van der Waals surface area (Å²) < 4.78 is 2.01. The Morgan fingerprint density at radius 2 is 2.06 bits per heavy atom. The molecule has 0 atom stereocenters. The number of fused-ring (bicyclic) bond motifs is 2. The van der Waals surface area contributed by atoms with Crippen molar-refractivity contribution in [3.63, 3.8) is 0 Å². The molecule has 7 nitrogen and oxygen atoms in total. The predicted octanol–water partition coefficient (Wildman–Crippen LogP) is 3.53. The van der Waals surface area contributed by atoms with Gasteiger partial charge in [-0.1, -0.05) is 6.07 Å². The summed E-state index contributed by atoms with van der Waals surface area (Å²) in [6.07, 6.45) is 8.09. The molecule has 160 valence electrons. The van der Waals surface area contributed by atoms with Crippen LogP contribution in [-0.2, 0) is 11.2 Å². The third kappa shape index (κ3) is 3.87. The number of nitrogens with one attached hydrogen (secondary N) is 1. The summed E-state index contributed by atoms with van der Waals surface area (Å²) in [5.74, 6) is 1.22. The first-order valence-corrected chi connectivity index (χ1v) is 11.6. The quantitative estimate of drug-likeness (QED) is 0.520. The monoisotopic (exact) mass is 434 g/mol. The van der Waals surface area contributed by atoms with E-state index in [9.17, 15) is 4.79 Å². The summed E-state index contributed by atoms with van der Waals surface area (Å²) in [6, 6.07) is 5.95. The number of imidazole rings is 1. The van der Waals surface area contributed by atoms with Gasteiger partial charge < -0.3 is 14.6 Å². The number of hydrogen-bond donors (Lipinski definition) is 1. The topological polar surface area (TPSA) is 75.4 Å². The van der Waals surface area contributed by atoms with Crippen LogP contribution in [0.25, 0.3) is 15.9 Å². The molecule has 0 bridgehead atoms. The maximum Gasteiger partial charge on any atom is 0.223 e. The Bertz CT molecular complexity index is 1200. The molecule has 0 unspecified atom stereocenters. The normalized spacial score (nSPS) is 15.1. The van der Waals surface area contributed by atoms with Crippen LogP contribution in [0.4, 0.5) is 5.82 Å². The van der Waals surface area contributed by atoms with Crippen molar-refractivity contribution >= 4 is 38.9 Å². The first-order chi connectivity index (χ1) is 15.1. The third-order valence-electron chi connectivity index (χ3n) is 6.20. The van der Waals surface area contributed by atoms with Crippen LogP contribution in [0.3, 0.4) is 0 Å². The van der Waals surface area contributed by atoms with Gasteiger partial charge >= 0.3 is 0 Å². The van der Waals surface area contributed by atoms with Gasteiger partial charge in [-0.2, -0.15) is 0 Å². The van der Waals surface area contributed by atoms with Crippen LogP contribution in [0.5, 0.6) is 0 Å². The van der Waals surface area contributed by atoms with Crippen molar-refractivity contribution in [1.29, 1.82) is 0 Å². The highest BCUT2D eigenvalue weighted by atomic mass is 32.1. The van der Waals surface area contributed by atoms with Gasteiger partial charge in [0.2, 0.25) is 5.91 Å². The SMILES string of the molecule is Cc1sc2ncnc(N3CCC(C(=O)NCCc4cn5ccccc5n4)CC3)c2c1C. The van der Waals surface area contributed by atoms with E-state index in [4.69, 9.17) is 0 Å². The van der Waals surface area contributed by atoms with Crippen LogP contribution in [-0.4, -0.2) is 44.9 Å². The van der Waals surface area contributed by atoms with E-state index < -0.39 is 0 Å². The molecule has 1 saturated heterocycles. The molecular weight excluding hydrogens is 408 g/mol. The second-order valence-electron chi connectivity index (χ2n) is 8.16. The van der Waals surface area contributed by atoms with Crippen molar-refractivity contribution in [2.75, 3.05) is 24.5 Å². The lowest BCUT2D eigenvalue weighted by Crippen LogP contribution is -2.41. The molecule has 1 N–H and O–H groups in total. The van der Waals surface area contributed by atoms with Gasteiger partial charge in [-0.05, 0) is 44.4 Å². The summed E-state index contributed by atoms with van der Waals surface area (Å²) in [5.41, 5.74) is 3.20. The van der Waals surface area contributed by atoms with E-state index >= 15 is 0 Å². The molecule has 1 aliphatic rings. The fourth-order valence-electron chi connectivity index (χ4n) is 4.32. The second kappa shape index (κ2) is 8.26. The molecule has 0 saturated carbocycles. The molecule has 8 heteroatoms. The van der Waals surface area contributed by atoms with Gasteiger partial charge in [0.15, 0.2) is 0 Å². The third-order valence-corrected chi connectivity index (χ3v) is 7.32. The first-order valence-electron chi connectivity index (χ1n) is 10.8. The van der Waals surface area contributed by atoms with E-state index in [1.165, 1.54) is 15.8 Å². The van der Waals surface area contributed by atoms with Gasteiger partial charge in [0.1, 0.15) is 22.6 Å². The van der Waals surface area contributed by atoms with Crippen LogP contribution in [0.2, 0.25) is 0 Å². The molecular formula is C23H26N6OS. The average Bonchev–Trinajstić information content (AvgIpc) is 3.33. The van der Waals surface area contributed by atoms with E-state index in [1.54, 1.807) is 17.7 Å². The van der Waals surface area contributed by atoms with Crippen LogP contribution in [0, 0.1) is 19.8 Å². The van der Waals surface area contributed by atoms with Crippen molar-refractivity contribution in [1.82, 2.24) is 24.7 Å². The minimum Gasteiger partial charge on any atom is -0.356 e. The zero-order valence-corrected chi connectivity index (χ0v) is 18.7. The number of carbonyl (C=O) groups is 1. The van der Waals surface area contributed by atoms with Gasteiger partial charge in [0.25, 0.3) is 0 Å². The van der Waals surface area contributed by atoms with Crippen LogP contribution >= 0.6 is 11.3 Å². The van der Waals surface area contributed by atoms with Crippen molar-refractivity contribution in [2.45, 2.75) is 33.1 Å². The summed E-state index contributed by atoms with van der Waals surface area (Å²) in [5, 5.41) is 4.28. The maximum absolute atomic E-state index is 12.7. The smallest absolute Gasteiger partial charge is 0.223 e. The van der Waals surface area contributed by atoms with Crippen molar-refractivity contribution in [3.05, 3.63) is 53.1 Å². The Hall–Kier alpha value is -3.00. The van der Waals surface area contributed by atoms with Crippen LogP contribution in [0.1, 0.15) is 29.0 Å². The molecule has 0 spiro atoms. The second-order valence-corrected chi connectivity index (χ2v) is 9.36. The van der Waals surface area contributed by atoms with Gasteiger partial charge in [0.05, 0.1) is 11.1 Å². The molecule has 0 aromatic carbocycles. The summed E-state index contributed by atoms with van der Waals surface area (Å²) >= 11 is 1.72. The van der Waals surface area contributed by atoms with E-state index in [0.717, 1.165) is 54.3 Å². The Morgan fingerprint density at radius 3 is 2.87 bits per heavy atom. The number of rotatable bonds is 5. The molecule has 1 amide bonds. The van der Waals surface area contributed by atoms with E-state index in [-0.39, 0.29) is 11.8 Å². The Kier molecular flexibility index (Phi) is 5.31. The average molecular weight is 435 g/mol. The summed E-state index contributed by atoms with van der Waals surface area (Å²) in [7, 11) is 0. The van der Waals surface area contributed by atoms with Crippen molar-refractivity contribution < 1.29 is 4.79 Å². The number of carbonyl (C=O) groups excluding carboxylic acids is 1. The highest BCUT2D eigenvalue weighted by Gasteiger charge is 2.27. The highest BCUT2D eigenvalue weighted by Crippen LogP contribution is 2.35. The fraction of sp³-hybridized carbons (Fsp3) is 0.391. The number of hydrogen-bond acceptors (Lipinski definition) is 6. The molecule has 31 heavy (non-hydrogen) atoms. The number of amides is 1. The molecule has 1 fully saturated rings. The zero-order valence-electron chi connectivity index (χ0n) is 17.8. The lowest BCUT2D eigenvalue weighted by atomic mass is 9.95. The lowest BCUT2D eigenvalue weighted by Gasteiger charge is -2.32. The number of nitrogens with zero attached hydrogens (tertiary/aromatic N) is 5. The molecule has 0 radical (unpaired) electrons. The van der Waals surface area contributed by atoms with Crippen LogP contribution in [0.15, 0.2) is 36.9 Å². The van der Waals surface area contributed by atoms with E-state index in [0.29, 0.717) is 6.54 Å². The molecule has 1 aliphatic heterocycles. The molecule has 0 aliphatic carbocycles. The Balaban J connectivity index is 1.16. The lowest BCUT2D eigenvalue weighted by molar-refractivity contribution is -0.125. The minimum absolute atomic E-state index is 0.0555. The molecule has 5 heterocycles. The largest absolute Gasteiger partial charge is 0.356 e. The predicted molar refractivity (Wildman–Crippen MR) is 124 cm³/mol. The minimum atomic E-state index is 0.0555. The van der Waals surface area contributed by atoms with Gasteiger partial charge in [-0.25, -0.2) is 15.0 Å². The van der Waals surface area contributed by atoms with Crippen molar-refractivity contribution in [3.8, 4) is 0 Å². The number of thiophene rings is 1. The number of piperidine rings is 1. The molecule has 4 aromatic heterocycles. The number of anilines is 1. The fourth-order valence-corrected chi connectivity index (χ4v) is 5.31. The molecule has 4 aromatic rings. The summed E-state index contributed by atoms with van der Waals surface area (Å²) in [6.45, 7) is 6.57. The zero-order chi connectivity index (χ0) is 21.4. The summed E-state index contributed by atoms with van der Waals surface area (Å²) in [4.78, 5) is 31.0. The Morgan fingerprint density at radius 1 is 1.23 bits per heavy atom. The molecule has 5 rings (SSSR count). The number of aryl methyl sites for hydroxylation is 2. The maximum atomic E-state index is 12.7. The van der Waals surface area contributed by atoms with E-state index in [2.05, 4.69) is 39.0 Å². The highest BCUT2D eigenvalue weighted by molar-refractivity contribution is 7.18. The van der Waals surface area contributed by atoms with Crippen molar-refractivity contribution in [2.24, 2.45) is 5.92 Å². The van der Waals surface area contributed by atoms with Gasteiger partial charge in [-0.3, -0.25) is 4.79 Å². The van der Waals surface area contributed by atoms with Gasteiger partial charge in [0, 0.05) is 49.2 Å². The van der Waals surface area contributed by atoms with Crippen LogP contribution < -0.4 is 10.2 Å². The number of aromatic nitrogens is 4. The van der Waals surface area contributed by atoms with Gasteiger partial charge in [-0.15, -0.1) is 11.3 Å². The number of pyridine rings is 1. The standard InChI is InChI=1S/C23H26N6OS/c1-15-16(2)31-23-20(15)21(25-14-26-23)28-11-7-17(8-12-28)22(30)24-9-6-18-13-29-10-4-3-5-19(29)27-18/h3-5,10,13-14,17H,6-9,11-12H2,1-2H3,(H,24,30).